The molecule has 0 unspecified atom stereocenters. The summed E-state index contributed by atoms with van der Waals surface area (Å²) in [7, 11) is 0. The van der Waals surface area contributed by atoms with E-state index < -0.39 is 0 Å². The van der Waals surface area contributed by atoms with Crippen molar-refractivity contribution in [3.63, 3.8) is 0 Å². The van der Waals surface area contributed by atoms with Crippen molar-refractivity contribution in [2.45, 2.75) is 6.92 Å². The third-order valence-electron chi connectivity index (χ3n) is 7.07. The van der Waals surface area contributed by atoms with Crippen molar-refractivity contribution in [2.24, 2.45) is 0 Å². The smallest absolute Gasteiger partial charge is 0.0540 e. The van der Waals surface area contributed by atoms with Crippen molar-refractivity contribution < 1.29 is 0 Å². The molecule has 182 valence electrons. The molecule has 38 heavy (non-hydrogen) atoms. The van der Waals surface area contributed by atoms with E-state index in [2.05, 4.69) is 158 Å². The highest BCUT2D eigenvalue weighted by Gasteiger charge is 2.15. The molecule has 0 radical (unpaired) electrons. The molecule has 0 spiro atoms. The van der Waals surface area contributed by atoms with Crippen molar-refractivity contribution >= 4 is 33.9 Å². The molecule has 0 fully saturated rings. The van der Waals surface area contributed by atoms with Crippen LogP contribution in [0.5, 0.6) is 0 Å². The Morgan fingerprint density at radius 1 is 0.526 bits per heavy atom. The first-order valence-electron chi connectivity index (χ1n) is 13.0. The van der Waals surface area contributed by atoms with Crippen LogP contribution in [0.1, 0.15) is 11.1 Å². The molecule has 1 nitrogen and oxygen atoms in total. The van der Waals surface area contributed by atoms with Gasteiger partial charge in [0.25, 0.3) is 0 Å². The van der Waals surface area contributed by atoms with Gasteiger partial charge in [-0.2, -0.15) is 0 Å². The van der Waals surface area contributed by atoms with Gasteiger partial charge in [-0.3, -0.25) is 0 Å². The Hall–Kier alpha value is -4.88. The van der Waals surface area contributed by atoms with Gasteiger partial charge in [0.15, 0.2) is 0 Å². The molecule has 0 aromatic heterocycles. The second kappa shape index (κ2) is 10.2. The first-order chi connectivity index (χ1) is 18.7. The molecule has 0 aliphatic heterocycles. The summed E-state index contributed by atoms with van der Waals surface area (Å²) in [6.07, 6.45) is 1.88. The SMILES string of the molecule is C=Cc1ccc(N(c2ccc(-c3cccc(-c4cccc(C)c4)c3)cc2)c2cccc3ccccc23)cc1. The Balaban J connectivity index is 1.42. The lowest BCUT2D eigenvalue weighted by Crippen LogP contribution is -2.10. The maximum absolute atomic E-state index is 3.92. The Labute approximate surface area is 225 Å². The number of nitrogens with zero attached hydrogens (tertiary/aromatic N) is 1. The van der Waals surface area contributed by atoms with Gasteiger partial charge in [0.1, 0.15) is 0 Å². The van der Waals surface area contributed by atoms with Crippen molar-refractivity contribution in [1.82, 2.24) is 0 Å². The molecule has 0 atom stereocenters. The minimum absolute atomic E-state index is 1.11. The summed E-state index contributed by atoms with van der Waals surface area (Å²) in [5.41, 5.74) is 10.6. The summed E-state index contributed by atoms with van der Waals surface area (Å²) < 4.78 is 0. The Kier molecular flexibility index (Phi) is 6.34. The first-order valence-corrected chi connectivity index (χ1v) is 13.0. The monoisotopic (exact) mass is 487 g/mol. The van der Waals surface area contributed by atoms with Crippen LogP contribution >= 0.6 is 0 Å². The minimum Gasteiger partial charge on any atom is -0.310 e. The minimum atomic E-state index is 1.11. The molecule has 6 aromatic rings. The molecule has 0 aliphatic carbocycles. The molecule has 6 aromatic carbocycles. The lowest BCUT2D eigenvalue weighted by atomic mass is 9.98. The fourth-order valence-electron chi connectivity index (χ4n) is 5.10. The molecular formula is C37H29N. The average molecular weight is 488 g/mol. The van der Waals surface area contributed by atoms with Gasteiger partial charge in [-0.1, -0.05) is 121 Å². The van der Waals surface area contributed by atoms with Gasteiger partial charge in [-0.05, 0) is 76.5 Å². The van der Waals surface area contributed by atoms with E-state index in [4.69, 9.17) is 0 Å². The third-order valence-corrected chi connectivity index (χ3v) is 7.07. The third kappa shape index (κ3) is 4.63. The van der Waals surface area contributed by atoms with E-state index in [1.54, 1.807) is 0 Å². The van der Waals surface area contributed by atoms with Crippen LogP contribution in [0, 0.1) is 6.92 Å². The van der Waals surface area contributed by atoms with Gasteiger partial charge in [0.05, 0.1) is 5.69 Å². The summed E-state index contributed by atoms with van der Waals surface area (Å²) in [4.78, 5) is 2.34. The number of aryl methyl sites for hydroxylation is 1. The molecule has 0 N–H and O–H groups in total. The van der Waals surface area contributed by atoms with E-state index >= 15 is 0 Å². The van der Waals surface area contributed by atoms with Crippen molar-refractivity contribution in [2.75, 3.05) is 4.90 Å². The highest BCUT2D eigenvalue weighted by atomic mass is 15.1. The molecule has 1 heteroatoms. The van der Waals surface area contributed by atoms with E-state index in [-0.39, 0.29) is 0 Å². The molecular weight excluding hydrogens is 458 g/mol. The van der Waals surface area contributed by atoms with E-state index in [1.807, 2.05) is 6.08 Å². The topological polar surface area (TPSA) is 3.24 Å². The Morgan fingerprint density at radius 2 is 1.11 bits per heavy atom. The van der Waals surface area contributed by atoms with Gasteiger partial charge >= 0.3 is 0 Å². The van der Waals surface area contributed by atoms with Gasteiger partial charge in [0.2, 0.25) is 0 Å². The molecule has 0 aliphatic rings. The number of anilines is 3. The molecule has 0 saturated carbocycles. The molecule has 0 saturated heterocycles. The van der Waals surface area contributed by atoms with Crippen LogP contribution in [-0.4, -0.2) is 0 Å². The van der Waals surface area contributed by atoms with Crippen LogP contribution in [0.15, 0.2) is 146 Å². The van der Waals surface area contributed by atoms with Crippen molar-refractivity contribution in [3.8, 4) is 22.3 Å². The van der Waals surface area contributed by atoms with Crippen LogP contribution in [0.25, 0.3) is 39.1 Å². The fraction of sp³-hybridized carbons (Fsp3) is 0.0270. The lowest BCUT2D eigenvalue weighted by molar-refractivity contribution is 1.30. The Morgan fingerprint density at radius 3 is 1.82 bits per heavy atom. The summed E-state index contributed by atoms with van der Waals surface area (Å²) in [6.45, 7) is 6.05. The van der Waals surface area contributed by atoms with Gasteiger partial charge in [-0.25, -0.2) is 0 Å². The second-order valence-electron chi connectivity index (χ2n) is 9.63. The normalized spacial score (nSPS) is 10.9. The van der Waals surface area contributed by atoms with Gasteiger partial charge in [0, 0.05) is 16.8 Å². The zero-order valence-electron chi connectivity index (χ0n) is 21.5. The maximum Gasteiger partial charge on any atom is 0.0540 e. The second-order valence-corrected chi connectivity index (χ2v) is 9.63. The van der Waals surface area contributed by atoms with Crippen LogP contribution in [-0.2, 0) is 0 Å². The quantitative estimate of drug-likeness (QED) is 0.226. The fourth-order valence-corrected chi connectivity index (χ4v) is 5.10. The highest BCUT2D eigenvalue weighted by Crippen LogP contribution is 2.39. The predicted octanol–water partition coefficient (Wildman–Crippen LogP) is 10.6. The van der Waals surface area contributed by atoms with Crippen molar-refractivity contribution in [1.29, 1.82) is 0 Å². The summed E-state index contributed by atoms with van der Waals surface area (Å²) in [5, 5.41) is 2.44. The summed E-state index contributed by atoms with van der Waals surface area (Å²) in [5.74, 6) is 0. The summed E-state index contributed by atoms with van der Waals surface area (Å²) in [6, 6.07) is 50.0. The van der Waals surface area contributed by atoms with Crippen molar-refractivity contribution in [3.05, 3.63) is 157 Å². The zero-order valence-corrected chi connectivity index (χ0v) is 21.5. The van der Waals surface area contributed by atoms with Crippen LogP contribution < -0.4 is 4.90 Å². The largest absolute Gasteiger partial charge is 0.310 e. The first kappa shape index (κ1) is 23.5. The molecule has 0 heterocycles. The van der Waals surface area contributed by atoms with E-state index in [9.17, 15) is 0 Å². The number of hydrogen-bond acceptors (Lipinski definition) is 1. The van der Waals surface area contributed by atoms with E-state index in [0.717, 1.165) is 22.6 Å². The van der Waals surface area contributed by atoms with Gasteiger partial charge in [-0.15, -0.1) is 0 Å². The number of rotatable bonds is 6. The average Bonchev–Trinajstić information content (AvgIpc) is 2.98. The zero-order chi connectivity index (χ0) is 25.9. The highest BCUT2D eigenvalue weighted by molar-refractivity contribution is 5.99. The molecule has 0 amide bonds. The number of hydrogen-bond donors (Lipinski definition) is 0. The molecule has 0 bridgehead atoms. The number of benzene rings is 6. The van der Waals surface area contributed by atoms with Crippen LogP contribution in [0.3, 0.4) is 0 Å². The molecule has 6 rings (SSSR count). The maximum atomic E-state index is 3.92. The summed E-state index contributed by atoms with van der Waals surface area (Å²) >= 11 is 0. The van der Waals surface area contributed by atoms with Crippen LogP contribution in [0.4, 0.5) is 17.1 Å². The van der Waals surface area contributed by atoms with Gasteiger partial charge < -0.3 is 4.90 Å². The standard InChI is InChI=1S/C37H29N/c1-3-28-17-21-34(22-18-28)38(37-16-8-11-30-10-4-5-15-36(30)37)35-23-19-29(20-24-35)32-13-7-14-33(26-32)31-12-6-9-27(2)25-31/h3-26H,1H2,2H3. The lowest BCUT2D eigenvalue weighted by Gasteiger charge is -2.27. The predicted molar refractivity (Wildman–Crippen MR) is 164 cm³/mol. The van der Waals surface area contributed by atoms with E-state index in [1.165, 1.54) is 38.6 Å². The Bertz CT molecular complexity index is 1720. The number of fused-ring (bicyclic) bond motifs is 1. The van der Waals surface area contributed by atoms with Crippen LogP contribution in [0.2, 0.25) is 0 Å². The van der Waals surface area contributed by atoms with E-state index in [0.29, 0.717) is 0 Å².